The van der Waals surface area contributed by atoms with Gasteiger partial charge in [-0.15, -0.1) is 22.7 Å². The Bertz CT molecular complexity index is 944. The van der Waals surface area contributed by atoms with E-state index in [9.17, 15) is 0 Å². The molecule has 0 aliphatic carbocycles. The minimum atomic E-state index is -0.0825. The van der Waals surface area contributed by atoms with E-state index in [0.29, 0.717) is 6.02 Å². The molecule has 0 spiro atoms. The molecule has 8 heteroatoms. The topological polar surface area (TPSA) is 70.6 Å². The molecular weight excluding hydrogens is 354 g/mol. The van der Waals surface area contributed by atoms with Gasteiger partial charge in [-0.05, 0) is 37.6 Å². The second-order valence-corrected chi connectivity index (χ2v) is 8.16. The highest BCUT2D eigenvalue weighted by Gasteiger charge is 2.25. The first-order chi connectivity index (χ1) is 12.3. The maximum absolute atomic E-state index is 5.65. The highest BCUT2D eigenvalue weighted by Crippen LogP contribution is 2.46. The summed E-state index contributed by atoms with van der Waals surface area (Å²) in [5, 5.41) is 5.45. The molecule has 2 aliphatic heterocycles. The molecule has 1 fully saturated rings. The Kier molecular flexibility index (Phi) is 3.70. The summed E-state index contributed by atoms with van der Waals surface area (Å²) < 4.78 is 6.85. The molecule has 6 nitrogen and oxygen atoms in total. The first-order valence-corrected chi connectivity index (χ1v) is 9.89. The number of ether oxygens (including phenoxy) is 1. The van der Waals surface area contributed by atoms with Gasteiger partial charge in [-0.25, -0.2) is 4.98 Å². The lowest BCUT2D eigenvalue weighted by atomic mass is 10.0. The van der Waals surface area contributed by atoms with Crippen LogP contribution < -0.4 is 16.2 Å². The minimum absolute atomic E-state index is 0.0825. The third-order valence-electron chi connectivity index (χ3n) is 4.29. The lowest BCUT2D eigenvalue weighted by molar-refractivity contribution is 0.217. The Balaban J connectivity index is 1.67. The first-order valence-electron chi connectivity index (χ1n) is 8.26. The Morgan fingerprint density at radius 2 is 2.20 bits per heavy atom. The smallest absolute Gasteiger partial charge is 0.307 e. The van der Waals surface area contributed by atoms with E-state index >= 15 is 0 Å². The van der Waals surface area contributed by atoms with E-state index in [1.165, 1.54) is 20.7 Å². The standard InChI is InChI=1S/C17H17N5OS2/c1-9-21-22-17(23-9)20-16-14(10-6-7-18-8-13(10)25-16)15-19-11-4-2-3-5-12(11)24-15/h2-5,9,18,21H,6-8H2,1H3,(H,20,22). The van der Waals surface area contributed by atoms with Gasteiger partial charge in [0.2, 0.25) is 0 Å². The molecule has 0 radical (unpaired) electrons. The number of rotatable bonds is 2. The Hall–Kier alpha value is -2.00. The lowest BCUT2D eigenvalue weighted by Gasteiger charge is -2.13. The highest BCUT2D eigenvalue weighted by atomic mass is 32.1. The second kappa shape index (κ2) is 6.06. The highest BCUT2D eigenvalue weighted by molar-refractivity contribution is 7.22. The van der Waals surface area contributed by atoms with Crippen molar-refractivity contribution in [1.29, 1.82) is 0 Å². The van der Waals surface area contributed by atoms with Crippen molar-refractivity contribution in [1.82, 2.24) is 21.2 Å². The number of para-hydroxylation sites is 1. The number of benzene rings is 1. The number of nitrogens with zero attached hydrogens (tertiary/aromatic N) is 2. The van der Waals surface area contributed by atoms with Crippen LogP contribution in [0.15, 0.2) is 29.3 Å². The quantitative estimate of drug-likeness (QED) is 0.646. The molecule has 128 valence electrons. The maximum atomic E-state index is 5.65. The van der Waals surface area contributed by atoms with Crippen LogP contribution in [-0.4, -0.2) is 23.8 Å². The molecule has 25 heavy (non-hydrogen) atoms. The summed E-state index contributed by atoms with van der Waals surface area (Å²) in [6, 6.07) is 8.79. The van der Waals surface area contributed by atoms with Gasteiger partial charge in [0.25, 0.3) is 0 Å². The van der Waals surface area contributed by atoms with Gasteiger partial charge in [0, 0.05) is 11.4 Å². The number of aromatic nitrogens is 1. The van der Waals surface area contributed by atoms with Crippen LogP contribution in [0.25, 0.3) is 20.8 Å². The average Bonchev–Trinajstić information content (AvgIpc) is 3.30. The number of hydrogen-bond donors (Lipinski definition) is 3. The predicted octanol–water partition coefficient (Wildman–Crippen LogP) is 3.13. The van der Waals surface area contributed by atoms with Gasteiger partial charge >= 0.3 is 6.02 Å². The Morgan fingerprint density at radius 1 is 1.28 bits per heavy atom. The Labute approximate surface area is 152 Å². The van der Waals surface area contributed by atoms with Gasteiger partial charge in [0.1, 0.15) is 10.0 Å². The molecule has 1 unspecified atom stereocenters. The van der Waals surface area contributed by atoms with Gasteiger partial charge in [0.15, 0.2) is 6.23 Å². The molecule has 3 aromatic rings. The van der Waals surface area contributed by atoms with E-state index in [2.05, 4.69) is 34.4 Å². The first kappa shape index (κ1) is 15.3. The molecule has 1 saturated heterocycles. The molecule has 2 aliphatic rings. The van der Waals surface area contributed by atoms with Crippen molar-refractivity contribution in [2.45, 2.75) is 26.1 Å². The molecule has 0 bridgehead atoms. The van der Waals surface area contributed by atoms with E-state index in [4.69, 9.17) is 14.7 Å². The summed E-state index contributed by atoms with van der Waals surface area (Å²) in [5.74, 6) is 0. The third-order valence-corrected chi connectivity index (χ3v) is 6.47. The van der Waals surface area contributed by atoms with Crippen LogP contribution >= 0.6 is 22.7 Å². The number of aliphatic imine (C=N–C) groups is 1. The van der Waals surface area contributed by atoms with Crippen LogP contribution in [0.5, 0.6) is 0 Å². The number of nitrogens with one attached hydrogen (secondary N) is 3. The molecule has 4 heterocycles. The fourth-order valence-corrected chi connectivity index (χ4v) is 5.42. The minimum Gasteiger partial charge on any atom is -0.444 e. The number of hydrogen-bond acceptors (Lipinski definition) is 7. The molecule has 3 N–H and O–H groups in total. The zero-order valence-electron chi connectivity index (χ0n) is 13.6. The largest absolute Gasteiger partial charge is 0.444 e. The van der Waals surface area contributed by atoms with Crippen LogP contribution in [0.1, 0.15) is 17.4 Å². The van der Waals surface area contributed by atoms with Crippen molar-refractivity contribution in [3.63, 3.8) is 0 Å². The number of hydrazine groups is 1. The van der Waals surface area contributed by atoms with Crippen molar-refractivity contribution < 1.29 is 4.74 Å². The monoisotopic (exact) mass is 371 g/mol. The van der Waals surface area contributed by atoms with E-state index in [-0.39, 0.29) is 6.23 Å². The summed E-state index contributed by atoms with van der Waals surface area (Å²) in [4.78, 5) is 11.0. The van der Waals surface area contributed by atoms with Crippen molar-refractivity contribution in [2.75, 3.05) is 6.54 Å². The Morgan fingerprint density at radius 3 is 3.04 bits per heavy atom. The second-order valence-electron chi connectivity index (χ2n) is 6.04. The predicted molar refractivity (Wildman–Crippen MR) is 102 cm³/mol. The molecule has 5 rings (SSSR count). The maximum Gasteiger partial charge on any atom is 0.307 e. The fraction of sp³-hybridized carbons (Fsp3) is 0.294. The van der Waals surface area contributed by atoms with Crippen LogP contribution in [0.2, 0.25) is 0 Å². The molecule has 0 saturated carbocycles. The fourth-order valence-electron chi connectivity index (χ4n) is 3.14. The summed E-state index contributed by atoms with van der Waals surface area (Å²) in [7, 11) is 0. The molecular formula is C17H17N5OS2. The van der Waals surface area contributed by atoms with Crippen molar-refractivity contribution in [2.24, 2.45) is 4.99 Å². The summed E-state index contributed by atoms with van der Waals surface area (Å²) in [6.45, 7) is 3.82. The van der Waals surface area contributed by atoms with Crippen LogP contribution in [0.4, 0.5) is 5.00 Å². The number of thiophene rings is 1. The average molecular weight is 371 g/mol. The van der Waals surface area contributed by atoms with Gasteiger partial charge in [-0.1, -0.05) is 12.1 Å². The zero-order chi connectivity index (χ0) is 16.8. The van der Waals surface area contributed by atoms with E-state index in [0.717, 1.165) is 35.0 Å². The number of amidine groups is 1. The van der Waals surface area contributed by atoms with Gasteiger partial charge < -0.3 is 10.1 Å². The molecule has 0 amide bonds. The van der Waals surface area contributed by atoms with Gasteiger partial charge in [-0.2, -0.15) is 10.4 Å². The SMILES string of the molecule is CC1NNC(=Nc2sc3c(c2-c2nc4ccccc4s2)CCNC3)O1. The normalized spacial score (nSPS) is 21.3. The van der Waals surface area contributed by atoms with Crippen LogP contribution in [0.3, 0.4) is 0 Å². The summed E-state index contributed by atoms with van der Waals surface area (Å²) in [5.41, 5.74) is 9.59. The van der Waals surface area contributed by atoms with Crippen LogP contribution in [0, 0.1) is 0 Å². The van der Waals surface area contributed by atoms with Gasteiger partial charge in [-0.3, -0.25) is 5.43 Å². The molecule has 1 aromatic carbocycles. The number of fused-ring (bicyclic) bond motifs is 2. The van der Waals surface area contributed by atoms with Crippen LogP contribution in [-0.2, 0) is 17.7 Å². The molecule has 2 aromatic heterocycles. The van der Waals surface area contributed by atoms with E-state index in [1.807, 2.05) is 13.0 Å². The molecule has 1 atom stereocenters. The summed E-state index contributed by atoms with van der Waals surface area (Å²) >= 11 is 3.45. The van der Waals surface area contributed by atoms with Gasteiger partial charge in [0.05, 0.1) is 15.8 Å². The van der Waals surface area contributed by atoms with E-state index < -0.39 is 0 Å². The number of thiazole rings is 1. The van der Waals surface area contributed by atoms with Crippen molar-refractivity contribution in [3.05, 3.63) is 34.7 Å². The van der Waals surface area contributed by atoms with Crippen molar-refractivity contribution >= 4 is 43.9 Å². The third kappa shape index (κ3) is 2.71. The van der Waals surface area contributed by atoms with Crippen molar-refractivity contribution in [3.8, 4) is 10.6 Å². The zero-order valence-corrected chi connectivity index (χ0v) is 15.3. The van der Waals surface area contributed by atoms with E-state index in [1.54, 1.807) is 22.7 Å². The lowest BCUT2D eigenvalue weighted by Crippen LogP contribution is -2.29. The summed E-state index contributed by atoms with van der Waals surface area (Å²) in [6.07, 6.45) is 0.922.